The van der Waals surface area contributed by atoms with E-state index in [1.807, 2.05) is 25.1 Å². The molecular weight excluding hydrogens is 220 g/mol. The van der Waals surface area contributed by atoms with Crippen LogP contribution in [0, 0.1) is 0 Å². The van der Waals surface area contributed by atoms with Crippen molar-refractivity contribution in [3.05, 3.63) is 22.7 Å². The van der Waals surface area contributed by atoms with Gasteiger partial charge in [-0.1, -0.05) is 0 Å². The first-order valence-electron chi connectivity index (χ1n) is 5.40. The first-order valence-corrected chi connectivity index (χ1v) is 5.40. The molecule has 2 aromatic rings. The highest BCUT2D eigenvalue weighted by Crippen LogP contribution is 2.26. The van der Waals surface area contributed by atoms with E-state index in [4.69, 9.17) is 10.2 Å². The predicted molar refractivity (Wildman–Crippen MR) is 68.4 cm³/mol. The zero-order valence-electron chi connectivity index (χ0n) is 9.91. The Bertz CT molecular complexity index is 572. The summed E-state index contributed by atoms with van der Waals surface area (Å²) in [7, 11) is 3.85. The predicted octanol–water partition coefficient (Wildman–Crippen LogP) is 0.359. The molecule has 0 aliphatic heterocycles. The molecular formula is C11H16N4O2. The van der Waals surface area contributed by atoms with Gasteiger partial charge in [-0.15, -0.1) is 0 Å². The number of nitrogens with zero attached hydrogens (tertiary/aromatic N) is 1. The molecule has 6 heteroatoms. The molecule has 1 aromatic heterocycles. The third-order valence-corrected chi connectivity index (χ3v) is 2.68. The van der Waals surface area contributed by atoms with E-state index in [-0.39, 0.29) is 0 Å². The number of aromatic amines is 1. The number of nitrogens with one attached hydrogen (secondary N) is 2. The van der Waals surface area contributed by atoms with Crippen LogP contribution < -0.4 is 21.7 Å². The van der Waals surface area contributed by atoms with E-state index in [9.17, 15) is 4.79 Å². The Morgan fingerprint density at radius 1 is 1.53 bits per heavy atom. The third-order valence-electron chi connectivity index (χ3n) is 2.68. The average Bonchev–Trinajstić information content (AvgIpc) is 2.64. The van der Waals surface area contributed by atoms with Crippen molar-refractivity contribution in [2.75, 3.05) is 37.8 Å². The van der Waals surface area contributed by atoms with Crippen molar-refractivity contribution in [2.24, 2.45) is 0 Å². The summed E-state index contributed by atoms with van der Waals surface area (Å²) in [5, 5.41) is 3.07. The van der Waals surface area contributed by atoms with Gasteiger partial charge in [0.15, 0.2) is 5.58 Å². The second-order valence-corrected chi connectivity index (χ2v) is 3.95. The zero-order chi connectivity index (χ0) is 12.4. The van der Waals surface area contributed by atoms with Gasteiger partial charge in [-0.2, -0.15) is 0 Å². The van der Waals surface area contributed by atoms with Crippen molar-refractivity contribution in [1.29, 1.82) is 0 Å². The molecule has 17 heavy (non-hydrogen) atoms. The summed E-state index contributed by atoms with van der Waals surface area (Å²) in [6.45, 7) is 1.68. The van der Waals surface area contributed by atoms with Crippen LogP contribution in [-0.2, 0) is 0 Å². The molecule has 0 amide bonds. The molecule has 1 heterocycles. The van der Waals surface area contributed by atoms with Gasteiger partial charge in [0.05, 0.1) is 16.9 Å². The Kier molecular flexibility index (Phi) is 3.06. The van der Waals surface area contributed by atoms with Crippen molar-refractivity contribution >= 4 is 22.5 Å². The van der Waals surface area contributed by atoms with Gasteiger partial charge in [0.1, 0.15) is 0 Å². The van der Waals surface area contributed by atoms with Crippen LogP contribution in [0.1, 0.15) is 0 Å². The van der Waals surface area contributed by atoms with Crippen LogP contribution >= 0.6 is 0 Å². The topological polar surface area (TPSA) is 87.3 Å². The lowest BCUT2D eigenvalue weighted by molar-refractivity contribution is 0.555. The maximum Gasteiger partial charge on any atom is 0.417 e. The summed E-state index contributed by atoms with van der Waals surface area (Å²) in [6.07, 6.45) is 0. The maximum atomic E-state index is 11.1. The minimum Gasteiger partial charge on any atom is -0.408 e. The first kappa shape index (κ1) is 11.5. The number of hydrogen-bond acceptors (Lipinski definition) is 5. The van der Waals surface area contributed by atoms with Crippen LogP contribution in [0.4, 0.5) is 11.4 Å². The molecule has 0 bridgehead atoms. The van der Waals surface area contributed by atoms with Gasteiger partial charge in [0, 0.05) is 26.2 Å². The minimum absolute atomic E-state index is 0.463. The van der Waals surface area contributed by atoms with E-state index >= 15 is 0 Å². The fourth-order valence-corrected chi connectivity index (χ4v) is 1.73. The standard InChI is InChI=1S/C11H16N4O2/c1-13-3-4-15(2)9-6-8-10(5-7(9)12)17-11(16)14-8/h5-6,13H,3-4,12H2,1-2H3,(H,14,16). The molecule has 0 aliphatic rings. The Morgan fingerprint density at radius 2 is 2.29 bits per heavy atom. The lowest BCUT2D eigenvalue weighted by Crippen LogP contribution is -2.27. The number of rotatable bonds is 4. The molecule has 92 valence electrons. The van der Waals surface area contributed by atoms with Gasteiger partial charge < -0.3 is 20.4 Å². The Balaban J connectivity index is 2.39. The van der Waals surface area contributed by atoms with Crippen molar-refractivity contribution in [3.8, 4) is 0 Å². The van der Waals surface area contributed by atoms with E-state index in [2.05, 4.69) is 10.3 Å². The molecule has 0 aliphatic carbocycles. The van der Waals surface area contributed by atoms with Crippen molar-refractivity contribution < 1.29 is 4.42 Å². The summed E-state index contributed by atoms with van der Waals surface area (Å²) in [4.78, 5) is 15.7. The Hall–Kier alpha value is -1.95. The summed E-state index contributed by atoms with van der Waals surface area (Å²) in [6, 6.07) is 3.49. The molecule has 0 spiro atoms. The van der Waals surface area contributed by atoms with Gasteiger partial charge in [-0.05, 0) is 13.1 Å². The summed E-state index contributed by atoms with van der Waals surface area (Å²) < 4.78 is 4.94. The van der Waals surface area contributed by atoms with Gasteiger partial charge in [-0.3, -0.25) is 4.98 Å². The van der Waals surface area contributed by atoms with Crippen LogP contribution in [0.5, 0.6) is 0 Å². The van der Waals surface area contributed by atoms with Crippen LogP contribution in [0.3, 0.4) is 0 Å². The minimum atomic E-state index is -0.463. The van der Waals surface area contributed by atoms with E-state index in [1.54, 1.807) is 6.07 Å². The second-order valence-electron chi connectivity index (χ2n) is 3.95. The van der Waals surface area contributed by atoms with E-state index < -0.39 is 5.76 Å². The number of nitrogen functional groups attached to an aromatic ring is 1. The number of oxazole rings is 1. The molecule has 6 nitrogen and oxygen atoms in total. The number of nitrogens with two attached hydrogens (primary N) is 1. The summed E-state index contributed by atoms with van der Waals surface area (Å²) in [5.74, 6) is -0.463. The number of anilines is 2. The van der Waals surface area contributed by atoms with E-state index in [0.29, 0.717) is 16.8 Å². The number of H-pyrrole nitrogens is 1. The Labute approximate surface area is 98.4 Å². The second kappa shape index (κ2) is 4.50. The van der Waals surface area contributed by atoms with Crippen LogP contribution in [0.15, 0.2) is 21.3 Å². The van der Waals surface area contributed by atoms with Crippen molar-refractivity contribution in [3.63, 3.8) is 0 Å². The SMILES string of the molecule is CNCCN(C)c1cc2[nH]c(=O)oc2cc1N. The van der Waals surface area contributed by atoms with Crippen LogP contribution in [0.25, 0.3) is 11.1 Å². The fraction of sp³-hybridized carbons (Fsp3) is 0.364. The monoisotopic (exact) mass is 236 g/mol. The van der Waals surface area contributed by atoms with Gasteiger partial charge >= 0.3 is 5.76 Å². The van der Waals surface area contributed by atoms with Crippen LogP contribution in [-0.4, -0.2) is 32.2 Å². The van der Waals surface area contributed by atoms with Crippen molar-refractivity contribution in [1.82, 2.24) is 10.3 Å². The van der Waals surface area contributed by atoms with Crippen molar-refractivity contribution in [2.45, 2.75) is 0 Å². The van der Waals surface area contributed by atoms with Gasteiger partial charge in [-0.25, -0.2) is 4.79 Å². The van der Waals surface area contributed by atoms with Gasteiger partial charge in [0.25, 0.3) is 0 Å². The highest BCUT2D eigenvalue weighted by atomic mass is 16.4. The maximum absolute atomic E-state index is 11.1. The first-order chi connectivity index (χ1) is 8.11. The normalized spacial score (nSPS) is 10.9. The molecule has 0 saturated carbocycles. The molecule has 0 saturated heterocycles. The molecule has 2 rings (SSSR count). The molecule has 0 atom stereocenters. The molecule has 4 N–H and O–H groups in total. The number of benzene rings is 1. The van der Waals surface area contributed by atoms with Gasteiger partial charge in [0.2, 0.25) is 0 Å². The highest BCUT2D eigenvalue weighted by molar-refractivity contribution is 5.85. The lowest BCUT2D eigenvalue weighted by atomic mass is 10.2. The molecule has 0 radical (unpaired) electrons. The number of aromatic nitrogens is 1. The summed E-state index contributed by atoms with van der Waals surface area (Å²) >= 11 is 0. The van der Waals surface area contributed by atoms with E-state index in [0.717, 1.165) is 18.8 Å². The quantitative estimate of drug-likeness (QED) is 0.667. The third kappa shape index (κ3) is 2.26. The fourth-order valence-electron chi connectivity index (χ4n) is 1.73. The number of likely N-dealkylation sites (N-methyl/N-ethyl adjacent to an activating group) is 2. The average molecular weight is 236 g/mol. The lowest BCUT2D eigenvalue weighted by Gasteiger charge is -2.20. The van der Waals surface area contributed by atoms with Crippen LogP contribution in [0.2, 0.25) is 0 Å². The summed E-state index contributed by atoms with van der Waals surface area (Å²) in [5.41, 5.74) is 8.55. The largest absolute Gasteiger partial charge is 0.417 e. The highest BCUT2D eigenvalue weighted by Gasteiger charge is 2.09. The smallest absolute Gasteiger partial charge is 0.408 e. The molecule has 0 fully saturated rings. The zero-order valence-corrected chi connectivity index (χ0v) is 9.91. The molecule has 0 unspecified atom stereocenters. The number of hydrogen-bond donors (Lipinski definition) is 3. The van der Waals surface area contributed by atoms with E-state index in [1.165, 1.54) is 0 Å². The Morgan fingerprint density at radius 3 is 3.00 bits per heavy atom. The number of fused-ring (bicyclic) bond motifs is 1. The molecule has 1 aromatic carbocycles.